The third-order valence-electron chi connectivity index (χ3n) is 3.05. The number of hydrogen-bond acceptors (Lipinski definition) is 5. The van der Waals surface area contributed by atoms with Gasteiger partial charge in [-0.05, 0) is 31.0 Å². The summed E-state index contributed by atoms with van der Waals surface area (Å²) in [6, 6.07) is 5.16. The summed E-state index contributed by atoms with van der Waals surface area (Å²) < 4.78 is 15.2. The zero-order chi connectivity index (χ0) is 13.8. The number of carbonyl (C=O) groups is 1. The predicted octanol–water partition coefficient (Wildman–Crippen LogP) is 1.77. The van der Waals surface area contributed by atoms with Crippen LogP contribution in [0.15, 0.2) is 35.2 Å². The molecule has 0 bridgehead atoms. The molecule has 0 spiro atoms. The van der Waals surface area contributed by atoms with Crippen LogP contribution in [0, 0.1) is 0 Å². The van der Waals surface area contributed by atoms with Crippen LogP contribution in [0.3, 0.4) is 0 Å². The quantitative estimate of drug-likeness (QED) is 0.841. The minimum Gasteiger partial charge on any atom is -0.454 e. The molecular formula is C14H14N2O4. The van der Waals surface area contributed by atoms with E-state index in [9.17, 15) is 4.79 Å². The smallest absolute Gasteiger partial charge is 0.251 e. The number of rotatable bonds is 5. The van der Waals surface area contributed by atoms with Crippen LogP contribution in [-0.2, 0) is 6.42 Å². The van der Waals surface area contributed by atoms with Crippen molar-refractivity contribution in [2.45, 2.75) is 12.8 Å². The van der Waals surface area contributed by atoms with Gasteiger partial charge in [0.25, 0.3) is 5.91 Å². The molecule has 0 unspecified atom stereocenters. The third-order valence-corrected chi connectivity index (χ3v) is 3.05. The van der Waals surface area contributed by atoms with Crippen molar-refractivity contribution >= 4 is 5.91 Å². The molecular weight excluding hydrogens is 260 g/mol. The number of nitrogens with zero attached hydrogens (tertiary/aromatic N) is 1. The van der Waals surface area contributed by atoms with Gasteiger partial charge < -0.3 is 19.3 Å². The lowest BCUT2D eigenvalue weighted by molar-refractivity contribution is 0.0953. The summed E-state index contributed by atoms with van der Waals surface area (Å²) in [5.74, 6) is 1.17. The molecule has 1 aliphatic heterocycles. The molecule has 104 valence electrons. The number of carbonyl (C=O) groups excluding carboxylic acids is 1. The van der Waals surface area contributed by atoms with Gasteiger partial charge in [0, 0.05) is 17.7 Å². The van der Waals surface area contributed by atoms with Crippen molar-refractivity contribution in [3.63, 3.8) is 0 Å². The van der Waals surface area contributed by atoms with E-state index in [2.05, 4.69) is 10.5 Å². The molecule has 2 heterocycles. The van der Waals surface area contributed by atoms with Gasteiger partial charge in [-0.15, -0.1) is 0 Å². The van der Waals surface area contributed by atoms with Crippen molar-refractivity contribution < 1.29 is 18.8 Å². The number of nitrogens with one attached hydrogen (secondary N) is 1. The minimum atomic E-state index is -0.117. The van der Waals surface area contributed by atoms with Crippen LogP contribution in [0.1, 0.15) is 22.3 Å². The Bertz CT molecular complexity index is 595. The maximum absolute atomic E-state index is 12.0. The lowest BCUT2D eigenvalue weighted by Gasteiger charge is -2.05. The lowest BCUT2D eigenvalue weighted by atomic mass is 10.1. The molecule has 1 amide bonds. The Hall–Kier alpha value is -2.50. The topological polar surface area (TPSA) is 73.6 Å². The van der Waals surface area contributed by atoms with Crippen LogP contribution < -0.4 is 14.8 Å². The average molecular weight is 274 g/mol. The second-order valence-electron chi connectivity index (χ2n) is 4.46. The van der Waals surface area contributed by atoms with Crippen LogP contribution in [0.2, 0.25) is 0 Å². The van der Waals surface area contributed by atoms with Crippen LogP contribution in [0.5, 0.6) is 11.5 Å². The summed E-state index contributed by atoms with van der Waals surface area (Å²) in [5, 5.41) is 6.50. The Kier molecular flexibility index (Phi) is 3.54. The summed E-state index contributed by atoms with van der Waals surface area (Å²) >= 11 is 0. The number of ether oxygens (including phenoxy) is 2. The summed E-state index contributed by atoms with van der Waals surface area (Å²) in [6.45, 7) is 0.803. The molecule has 1 N–H and O–H groups in total. The Morgan fingerprint density at radius 1 is 1.30 bits per heavy atom. The van der Waals surface area contributed by atoms with E-state index < -0.39 is 0 Å². The van der Waals surface area contributed by atoms with Crippen LogP contribution in [0.25, 0.3) is 0 Å². The van der Waals surface area contributed by atoms with Crippen molar-refractivity contribution in [3.8, 4) is 11.5 Å². The number of fused-ring (bicyclic) bond motifs is 1. The summed E-state index contributed by atoms with van der Waals surface area (Å²) in [7, 11) is 0. The molecule has 0 saturated carbocycles. The first-order valence-electron chi connectivity index (χ1n) is 6.39. The molecule has 1 aromatic heterocycles. The van der Waals surface area contributed by atoms with Gasteiger partial charge in [0.15, 0.2) is 11.5 Å². The maximum atomic E-state index is 12.0. The van der Waals surface area contributed by atoms with Gasteiger partial charge in [-0.2, -0.15) is 0 Å². The fraction of sp³-hybridized carbons (Fsp3) is 0.286. The number of hydrogen-bond donors (Lipinski definition) is 1. The fourth-order valence-corrected chi connectivity index (χ4v) is 1.98. The molecule has 1 aliphatic rings. The van der Waals surface area contributed by atoms with E-state index >= 15 is 0 Å². The first-order chi connectivity index (χ1) is 9.83. The molecule has 6 heteroatoms. The first-order valence-corrected chi connectivity index (χ1v) is 6.39. The molecule has 0 atom stereocenters. The first kappa shape index (κ1) is 12.5. The number of amides is 1. The molecule has 20 heavy (non-hydrogen) atoms. The van der Waals surface area contributed by atoms with Gasteiger partial charge in [-0.1, -0.05) is 5.16 Å². The zero-order valence-electron chi connectivity index (χ0n) is 10.8. The largest absolute Gasteiger partial charge is 0.454 e. The molecule has 2 aromatic rings. The Morgan fingerprint density at radius 2 is 2.20 bits per heavy atom. The van der Waals surface area contributed by atoms with Crippen LogP contribution in [0.4, 0.5) is 0 Å². The molecule has 0 radical (unpaired) electrons. The molecule has 0 aliphatic carbocycles. The molecule has 3 rings (SSSR count). The monoisotopic (exact) mass is 274 g/mol. The minimum absolute atomic E-state index is 0.117. The van der Waals surface area contributed by atoms with E-state index in [0.717, 1.165) is 18.4 Å². The van der Waals surface area contributed by atoms with E-state index in [1.54, 1.807) is 30.7 Å². The van der Waals surface area contributed by atoms with Gasteiger partial charge in [-0.3, -0.25) is 4.79 Å². The maximum Gasteiger partial charge on any atom is 0.251 e. The van der Waals surface area contributed by atoms with Crippen LogP contribution >= 0.6 is 0 Å². The summed E-state index contributed by atoms with van der Waals surface area (Å²) in [6.07, 6.45) is 4.95. The second kappa shape index (κ2) is 5.64. The van der Waals surface area contributed by atoms with Gasteiger partial charge >= 0.3 is 0 Å². The highest BCUT2D eigenvalue weighted by atomic mass is 16.7. The van der Waals surface area contributed by atoms with Gasteiger partial charge in [0.1, 0.15) is 6.26 Å². The van der Waals surface area contributed by atoms with E-state index in [-0.39, 0.29) is 12.7 Å². The molecule has 1 aromatic carbocycles. The van der Waals surface area contributed by atoms with Gasteiger partial charge in [0.05, 0.1) is 6.20 Å². The van der Waals surface area contributed by atoms with E-state index in [1.165, 1.54) is 0 Å². The number of aryl methyl sites for hydroxylation is 1. The Morgan fingerprint density at radius 3 is 3.05 bits per heavy atom. The van der Waals surface area contributed by atoms with E-state index in [1.807, 2.05) is 0 Å². The Balaban J connectivity index is 1.49. The number of aromatic nitrogens is 1. The van der Waals surface area contributed by atoms with Gasteiger partial charge in [0.2, 0.25) is 6.79 Å². The van der Waals surface area contributed by atoms with E-state index in [0.29, 0.717) is 23.6 Å². The lowest BCUT2D eigenvalue weighted by Crippen LogP contribution is -2.24. The highest BCUT2D eigenvalue weighted by Crippen LogP contribution is 2.32. The normalized spacial score (nSPS) is 12.4. The highest BCUT2D eigenvalue weighted by Gasteiger charge is 2.15. The Labute approximate surface area is 115 Å². The summed E-state index contributed by atoms with van der Waals surface area (Å²) in [4.78, 5) is 12.0. The second-order valence-corrected chi connectivity index (χ2v) is 4.46. The standard InChI is InChI=1S/C14H14N2O4/c17-14(15-5-1-2-10-7-16-20-8-10)11-3-4-12-13(6-11)19-9-18-12/h3-4,6-8H,1-2,5,9H2,(H,15,17). The van der Waals surface area contributed by atoms with Crippen molar-refractivity contribution in [1.29, 1.82) is 0 Å². The number of benzene rings is 1. The SMILES string of the molecule is O=C(NCCCc1cnoc1)c1ccc2c(c1)OCO2. The molecule has 6 nitrogen and oxygen atoms in total. The highest BCUT2D eigenvalue weighted by molar-refractivity contribution is 5.94. The zero-order valence-corrected chi connectivity index (χ0v) is 10.8. The van der Waals surface area contributed by atoms with Crippen LogP contribution in [-0.4, -0.2) is 24.4 Å². The molecule has 0 saturated heterocycles. The van der Waals surface area contributed by atoms with Gasteiger partial charge in [-0.25, -0.2) is 0 Å². The summed E-state index contributed by atoms with van der Waals surface area (Å²) in [5.41, 5.74) is 1.60. The average Bonchev–Trinajstić information content (AvgIpc) is 3.13. The van der Waals surface area contributed by atoms with Crippen molar-refractivity contribution in [3.05, 3.63) is 41.8 Å². The third kappa shape index (κ3) is 2.74. The van der Waals surface area contributed by atoms with E-state index in [4.69, 9.17) is 14.0 Å². The van der Waals surface area contributed by atoms with Crippen molar-refractivity contribution in [2.75, 3.05) is 13.3 Å². The fourth-order valence-electron chi connectivity index (χ4n) is 1.98. The van der Waals surface area contributed by atoms with Crippen molar-refractivity contribution in [1.82, 2.24) is 10.5 Å². The molecule has 0 fully saturated rings. The predicted molar refractivity (Wildman–Crippen MR) is 69.7 cm³/mol. The van der Waals surface area contributed by atoms with Crippen molar-refractivity contribution in [2.24, 2.45) is 0 Å².